The lowest BCUT2D eigenvalue weighted by molar-refractivity contribution is 0.409. The number of hydrogen-bond acceptors (Lipinski definition) is 0. The molecule has 0 amide bonds. The molecule has 0 aromatic heterocycles. The fourth-order valence-corrected chi connectivity index (χ4v) is 2.74. The highest BCUT2D eigenvalue weighted by Gasteiger charge is 2.25. The van der Waals surface area contributed by atoms with Crippen LogP contribution in [0.5, 0.6) is 0 Å². The molecule has 0 heteroatoms. The van der Waals surface area contributed by atoms with Crippen molar-refractivity contribution in [3.8, 4) is 0 Å². The summed E-state index contributed by atoms with van der Waals surface area (Å²) >= 11 is 0. The van der Waals surface area contributed by atoms with Crippen LogP contribution in [-0.4, -0.2) is 0 Å². The van der Waals surface area contributed by atoms with Gasteiger partial charge in [-0.1, -0.05) is 41.9 Å². The second-order valence-corrected chi connectivity index (χ2v) is 4.93. The van der Waals surface area contributed by atoms with E-state index in [4.69, 9.17) is 0 Å². The molecule has 0 radical (unpaired) electrons. The summed E-state index contributed by atoms with van der Waals surface area (Å²) in [6, 6.07) is 0. The SMILES string of the molecule is CC1=C(C)CC(C)C2CC=CC=C2C1. The van der Waals surface area contributed by atoms with E-state index < -0.39 is 0 Å². The van der Waals surface area contributed by atoms with Crippen LogP contribution in [0.4, 0.5) is 0 Å². The highest BCUT2D eigenvalue weighted by Crippen LogP contribution is 2.39. The molecule has 14 heavy (non-hydrogen) atoms. The molecule has 2 atom stereocenters. The van der Waals surface area contributed by atoms with E-state index in [9.17, 15) is 0 Å². The van der Waals surface area contributed by atoms with Gasteiger partial charge in [-0.05, 0) is 44.9 Å². The maximum atomic E-state index is 2.40. The lowest BCUT2D eigenvalue weighted by Crippen LogP contribution is -2.14. The molecule has 0 bridgehead atoms. The Hall–Kier alpha value is -0.780. The van der Waals surface area contributed by atoms with E-state index in [1.165, 1.54) is 19.3 Å². The van der Waals surface area contributed by atoms with Crippen molar-refractivity contribution < 1.29 is 0 Å². The van der Waals surface area contributed by atoms with E-state index in [2.05, 4.69) is 39.0 Å². The van der Waals surface area contributed by atoms with E-state index in [1.807, 2.05) is 0 Å². The predicted molar refractivity (Wildman–Crippen MR) is 62.1 cm³/mol. The highest BCUT2D eigenvalue weighted by molar-refractivity contribution is 5.30. The summed E-state index contributed by atoms with van der Waals surface area (Å²) in [5.74, 6) is 1.64. The van der Waals surface area contributed by atoms with Crippen molar-refractivity contribution in [2.75, 3.05) is 0 Å². The summed E-state index contributed by atoms with van der Waals surface area (Å²) in [6.07, 6.45) is 10.7. The molecule has 0 aromatic carbocycles. The first-order valence-electron chi connectivity index (χ1n) is 5.69. The number of allylic oxidation sites excluding steroid dienone is 6. The third-order valence-corrected chi connectivity index (χ3v) is 3.83. The summed E-state index contributed by atoms with van der Waals surface area (Å²) in [7, 11) is 0. The smallest absolute Gasteiger partial charge is 0.0103 e. The summed E-state index contributed by atoms with van der Waals surface area (Å²) in [6.45, 7) is 7.00. The van der Waals surface area contributed by atoms with Crippen LogP contribution in [-0.2, 0) is 0 Å². The van der Waals surface area contributed by atoms with Crippen LogP contribution in [0.25, 0.3) is 0 Å². The van der Waals surface area contributed by atoms with Gasteiger partial charge < -0.3 is 0 Å². The van der Waals surface area contributed by atoms with Crippen molar-refractivity contribution in [2.24, 2.45) is 11.8 Å². The van der Waals surface area contributed by atoms with E-state index in [1.54, 1.807) is 16.7 Å². The zero-order valence-electron chi connectivity index (χ0n) is 9.51. The Bertz CT molecular complexity index is 315. The van der Waals surface area contributed by atoms with Gasteiger partial charge in [0.15, 0.2) is 0 Å². The molecule has 0 N–H and O–H groups in total. The normalized spacial score (nSPS) is 32.4. The molecule has 0 heterocycles. The molecule has 0 aromatic rings. The van der Waals surface area contributed by atoms with Crippen LogP contribution in [0, 0.1) is 11.8 Å². The third-order valence-electron chi connectivity index (χ3n) is 3.83. The Morgan fingerprint density at radius 1 is 1.21 bits per heavy atom. The minimum atomic E-state index is 0.812. The average molecular weight is 188 g/mol. The van der Waals surface area contributed by atoms with Crippen molar-refractivity contribution in [3.05, 3.63) is 34.9 Å². The molecule has 0 saturated carbocycles. The van der Waals surface area contributed by atoms with Gasteiger partial charge in [-0.3, -0.25) is 0 Å². The zero-order valence-corrected chi connectivity index (χ0v) is 9.51. The molecule has 2 aliphatic carbocycles. The molecule has 0 saturated heterocycles. The van der Waals surface area contributed by atoms with Gasteiger partial charge in [-0.25, -0.2) is 0 Å². The number of fused-ring (bicyclic) bond motifs is 1. The van der Waals surface area contributed by atoms with Gasteiger partial charge in [0.25, 0.3) is 0 Å². The average Bonchev–Trinajstić information content (AvgIpc) is 2.27. The van der Waals surface area contributed by atoms with E-state index in [0.717, 1.165) is 11.8 Å². The van der Waals surface area contributed by atoms with Crippen LogP contribution in [0.15, 0.2) is 34.9 Å². The zero-order chi connectivity index (χ0) is 10.1. The van der Waals surface area contributed by atoms with E-state index in [0.29, 0.717) is 0 Å². The maximum Gasteiger partial charge on any atom is -0.0103 e. The second kappa shape index (κ2) is 3.76. The Morgan fingerprint density at radius 3 is 2.79 bits per heavy atom. The van der Waals surface area contributed by atoms with Gasteiger partial charge >= 0.3 is 0 Å². The van der Waals surface area contributed by atoms with Gasteiger partial charge in [0.2, 0.25) is 0 Å². The molecule has 2 unspecified atom stereocenters. The summed E-state index contributed by atoms with van der Waals surface area (Å²) in [5.41, 5.74) is 4.88. The first-order chi connectivity index (χ1) is 6.68. The molecule has 76 valence electrons. The number of hydrogen-bond donors (Lipinski definition) is 0. The second-order valence-electron chi connectivity index (χ2n) is 4.93. The molecule has 0 fully saturated rings. The lowest BCUT2D eigenvalue weighted by Gasteiger charge is -2.25. The molecule has 2 aliphatic rings. The lowest BCUT2D eigenvalue weighted by atomic mass is 9.80. The molecular formula is C14H20. The topological polar surface area (TPSA) is 0 Å². The van der Waals surface area contributed by atoms with Crippen LogP contribution in [0.2, 0.25) is 0 Å². The molecule has 2 rings (SSSR count). The van der Waals surface area contributed by atoms with E-state index >= 15 is 0 Å². The van der Waals surface area contributed by atoms with Crippen molar-refractivity contribution in [1.29, 1.82) is 0 Å². The largest absolute Gasteiger partial charge is 0.0839 e. The monoisotopic (exact) mass is 188 g/mol. The van der Waals surface area contributed by atoms with Crippen LogP contribution in [0.1, 0.15) is 40.0 Å². The third kappa shape index (κ3) is 1.70. The van der Waals surface area contributed by atoms with Gasteiger partial charge in [-0.2, -0.15) is 0 Å². The fourth-order valence-electron chi connectivity index (χ4n) is 2.74. The van der Waals surface area contributed by atoms with Crippen molar-refractivity contribution >= 4 is 0 Å². The minimum Gasteiger partial charge on any atom is -0.0839 e. The van der Waals surface area contributed by atoms with Crippen LogP contribution < -0.4 is 0 Å². The summed E-state index contributed by atoms with van der Waals surface area (Å²) in [5, 5.41) is 0. The Balaban J connectivity index is 2.31. The first kappa shape index (κ1) is 9.76. The molecular weight excluding hydrogens is 168 g/mol. The van der Waals surface area contributed by atoms with Gasteiger partial charge in [0, 0.05) is 0 Å². The maximum absolute atomic E-state index is 2.40. The van der Waals surface area contributed by atoms with Gasteiger partial charge in [0.05, 0.1) is 0 Å². The number of rotatable bonds is 0. The fraction of sp³-hybridized carbons (Fsp3) is 0.571. The van der Waals surface area contributed by atoms with Crippen molar-refractivity contribution in [3.63, 3.8) is 0 Å². The Morgan fingerprint density at radius 2 is 2.00 bits per heavy atom. The summed E-state index contributed by atoms with van der Waals surface area (Å²) in [4.78, 5) is 0. The van der Waals surface area contributed by atoms with Crippen molar-refractivity contribution in [1.82, 2.24) is 0 Å². The van der Waals surface area contributed by atoms with Gasteiger partial charge in [-0.15, -0.1) is 0 Å². The predicted octanol–water partition coefficient (Wildman–Crippen LogP) is 4.26. The van der Waals surface area contributed by atoms with Crippen LogP contribution in [0.3, 0.4) is 0 Å². The Kier molecular flexibility index (Phi) is 2.62. The van der Waals surface area contributed by atoms with E-state index in [-0.39, 0.29) is 0 Å². The standard InChI is InChI=1S/C14H20/c1-10-8-12(3)14-7-5-4-6-13(14)9-11(10)2/h4-6,12,14H,7-9H2,1-3H3. The molecule has 0 spiro atoms. The minimum absolute atomic E-state index is 0.812. The summed E-state index contributed by atoms with van der Waals surface area (Å²) < 4.78 is 0. The highest BCUT2D eigenvalue weighted by atomic mass is 14.3. The van der Waals surface area contributed by atoms with Gasteiger partial charge in [0.1, 0.15) is 0 Å². The first-order valence-corrected chi connectivity index (χ1v) is 5.69. The quantitative estimate of drug-likeness (QED) is 0.498. The Labute approximate surface area is 87.4 Å². The van der Waals surface area contributed by atoms with Crippen LogP contribution >= 0.6 is 0 Å². The molecule has 0 nitrogen and oxygen atoms in total. The van der Waals surface area contributed by atoms with Crippen molar-refractivity contribution in [2.45, 2.75) is 40.0 Å². The molecule has 0 aliphatic heterocycles.